The molecule has 2 aromatic rings. The molecule has 0 amide bonds. The molecule has 0 aliphatic heterocycles. The van der Waals surface area contributed by atoms with E-state index in [0.29, 0.717) is 12.3 Å². The van der Waals surface area contributed by atoms with E-state index in [4.69, 9.17) is 9.84 Å². The van der Waals surface area contributed by atoms with E-state index in [2.05, 4.69) is 4.98 Å². The summed E-state index contributed by atoms with van der Waals surface area (Å²) in [5.74, 6) is -0.969. The Kier molecular flexibility index (Phi) is 2.62. The zero-order valence-electron chi connectivity index (χ0n) is 9.10. The highest BCUT2D eigenvalue weighted by molar-refractivity contribution is 5.94. The minimum absolute atomic E-state index is 0.209. The summed E-state index contributed by atoms with van der Waals surface area (Å²) < 4.78 is 6.80. The predicted octanol–water partition coefficient (Wildman–Crippen LogP) is 1.49. The maximum absolute atomic E-state index is 11.0. The second-order valence-electron chi connectivity index (χ2n) is 3.55. The lowest BCUT2D eigenvalue weighted by molar-refractivity contribution is 0.0699. The first-order valence-electron chi connectivity index (χ1n) is 4.83. The first-order valence-corrected chi connectivity index (χ1v) is 4.83. The van der Waals surface area contributed by atoms with Crippen molar-refractivity contribution in [3.05, 3.63) is 35.3 Å². The molecule has 5 heteroatoms. The zero-order chi connectivity index (χ0) is 11.7. The number of carboxylic acids is 1. The van der Waals surface area contributed by atoms with E-state index in [9.17, 15) is 4.79 Å². The summed E-state index contributed by atoms with van der Waals surface area (Å²) in [6.45, 7) is 2.26. The van der Waals surface area contributed by atoms with E-state index in [1.165, 1.54) is 0 Å². The Hall–Kier alpha value is -1.88. The smallest absolute Gasteiger partial charge is 0.339 e. The summed E-state index contributed by atoms with van der Waals surface area (Å²) in [5, 5.41) is 9.00. The van der Waals surface area contributed by atoms with E-state index in [-0.39, 0.29) is 5.56 Å². The third-order valence-corrected chi connectivity index (χ3v) is 2.35. The highest BCUT2D eigenvalue weighted by atomic mass is 16.5. The summed E-state index contributed by atoms with van der Waals surface area (Å²) in [6, 6.07) is 3.42. The average Bonchev–Trinajstić information content (AvgIpc) is 2.61. The quantitative estimate of drug-likeness (QED) is 0.851. The van der Waals surface area contributed by atoms with Gasteiger partial charge in [0, 0.05) is 19.0 Å². The van der Waals surface area contributed by atoms with Crippen molar-refractivity contribution >= 4 is 11.6 Å². The van der Waals surface area contributed by atoms with Crippen molar-refractivity contribution < 1.29 is 14.6 Å². The van der Waals surface area contributed by atoms with Gasteiger partial charge in [0.05, 0.1) is 12.3 Å². The van der Waals surface area contributed by atoms with Gasteiger partial charge in [-0.15, -0.1) is 0 Å². The lowest BCUT2D eigenvalue weighted by Crippen LogP contribution is -2.03. The highest BCUT2D eigenvalue weighted by Gasteiger charge is 2.13. The molecule has 0 spiro atoms. The van der Waals surface area contributed by atoms with Gasteiger partial charge < -0.3 is 14.2 Å². The fourth-order valence-corrected chi connectivity index (χ4v) is 1.71. The molecule has 0 aliphatic carbocycles. The van der Waals surface area contributed by atoms with Gasteiger partial charge in [-0.25, -0.2) is 9.78 Å². The number of rotatable bonds is 3. The van der Waals surface area contributed by atoms with Crippen molar-refractivity contribution in [3.8, 4) is 0 Å². The summed E-state index contributed by atoms with van der Waals surface area (Å²) in [5.41, 5.74) is 2.33. The van der Waals surface area contributed by atoms with Crippen LogP contribution in [0.3, 0.4) is 0 Å². The van der Waals surface area contributed by atoms with Crippen molar-refractivity contribution in [1.29, 1.82) is 0 Å². The molecule has 0 aromatic carbocycles. The topological polar surface area (TPSA) is 63.8 Å². The van der Waals surface area contributed by atoms with Gasteiger partial charge in [-0.3, -0.25) is 0 Å². The van der Waals surface area contributed by atoms with Crippen molar-refractivity contribution in [1.82, 2.24) is 9.38 Å². The molecule has 0 radical (unpaired) electrons. The molecule has 2 rings (SSSR count). The number of methoxy groups -OCH3 is 1. The minimum atomic E-state index is -0.969. The van der Waals surface area contributed by atoms with Crippen molar-refractivity contribution in [2.24, 2.45) is 0 Å². The van der Waals surface area contributed by atoms with Gasteiger partial charge in [-0.1, -0.05) is 0 Å². The second-order valence-corrected chi connectivity index (χ2v) is 3.55. The lowest BCUT2D eigenvalue weighted by Gasteiger charge is -2.06. The van der Waals surface area contributed by atoms with Gasteiger partial charge >= 0.3 is 5.97 Å². The van der Waals surface area contributed by atoms with Gasteiger partial charge in [0.1, 0.15) is 5.56 Å². The number of aryl methyl sites for hydroxylation is 1. The predicted molar refractivity (Wildman–Crippen MR) is 57.6 cm³/mol. The van der Waals surface area contributed by atoms with E-state index < -0.39 is 5.97 Å². The maximum atomic E-state index is 11.0. The SMILES string of the molecule is COCc1cc(C)nc2c(C(=O)O)ccn12. The third kappa shape index (κ3) is 1.65. The first-order chi connectivity index (χ1) is 7.63. The third-order valence-electron chi connectivity index (χ3n) is 2.35. The summed E-state index contributed by atoms with van der Waals surface area (Å²) in [6.07, 6.45) is 1.69. The van der Waals surface area contributed by atoms with Crippen LogP contribution in [0.1, 0.15) is 21.7 Å². The van der Waals surface area contributed by atoms with Crippen molar-refractivity contribution in [3.63, 3.8) is 0 Å². The Balaban J connectivity index is 2.70. The monoisotopic (exact) mass is 220 g/mol. The van der Waals surface area contributed by atoms with Crippen LogP contribution in [0.2, 0.25) is 0 Å². The molecule has 1 N–H and O–H groups in total. The molecule has 0 atom stereocenters. The Labute approximate surface area is 92.3 Å². The molecule has 2 aromatic heterocycles. The molecule has 0 saturated carbocycles. The van der Waals surface area contributed by atoms with E-state index in [0.717, 1.165) is 11.4 Å². The first kappa shape index (κ1) is 10.6. The summed E-state index contributed by atoms with van der Waals surface area (Å²) in [7, 11) is 1.60. The van der Waals surface area contributed by atoms with E-state index in [1.54, 1.807) is 23.8 Å². The molecule has 0 unspecified atom stereocenters. The van der Waals surface area contributed by atoms with Crippen LogP contribution in [0.4, 0.5) is 0 Å². The summed E-state index contributed by atoms with van der Waals surface area (Å²) >= 11 is 0. The molecule has 16 heavy (non-hydrogen) atoms. The van der Waals surface area contributed by atoms with Gasteiger partial charge in [0.2, 0.25) is 0 Å². The second kappa shape index (κ2) is 3.94. The number of fused-ring (bicyclic) bond motifs is 1. The van der Waals surface area contributed by atoms with Crippen LogP contribution >= 0.6 is 0 Å². The molecular weight excluding hydrogens is 208 g/mol. The Morgan fingerprint density at radius 3 is 3.00 bits per heavy atom. The molecule has 2 heterocycles. The van der Waals surface area contributed by atoms with Crippen LogP contribution in [0.15, 0.2) is 18.3 Å². The lowest BCUT2D eigenvalue weighted by atomic mass is 10.3. The maximum Gasteiger partial charge on any atom is 0.339 e. The number of aromatic nitrogens is 2. The van der Waals surface area contributed by atoms with Gasteiger partial charge in [-0.2, -0.15) is 0 Å². The standard InChI is InChI=1S/C11H12N2O3/c1-7-5-8(6-16-2)13-4-3-9(11(14)15)10(13)12-7/h3-5H,6H2,1-2H3,(H,14,15). The van der Waals surface area contributed by atoms with E-state index in [1.807, 2.05) is 13.0 Å². The number of aromatic carboxylic acids is 1. The zero-order valence-corrected chi connectivity index (χ0v) is 9.10. The number of carbonyl (C=O) groups is 1. The number of hydrogen-bond donors (Lipinski definition) is 1. The van der Waals surface area contributed by atoms with Gasteiger partial charge in [0.15, 0.2) is 5.65 Å². The van der Waals surface area contributed by atoms with Crippen LogP contribution in [0.5, 0.6) is 0 Å². The minimum Gasteiger partial charge on any atom is -0.478 e. The molecule has 0 fully saturated rings. The number of carboxylic acid groups (broad SMARTS) is 1. The Bertz CT molecular complexity index is 545. The molecule has 0 bridgehead atoms. The number of ether oxygens (including phenoxy) is 1. The van der Waals surface area contributed by atoms with Crippen LogP contribution in [-0.2, 0) is 11.3 Å². The normalized spacial score (nSPS) is 10.9. The fourth-order valence-electron chi connectivity index (χ4n) is 1.71. The summed E-state index contributed by atoms with van der Waals surface area (Å²) in [4.78, 5) is 15.2. The van der Waals surface area contributed by atoms with Crippen molar-refractivity contribution in [2.45, 2.75) is 13.5 Å². The van der Waals surface area contributed by atoms with Crippen LogP contribution in [-0.4, -0.2) is 27.6 Å². The van der Waals surface area contributed by atoms with Gasteiger partial charge in [-0.05, 0) is 19.1 Å². The van der Waals surface area contributed by atoms with Crippen LogP contribution < -0.4 is 0 Å². The number of hydrogen-bond acceptors (Lipinski definition) is 3. The van der Waals surface area contributed by atoms with Crippen molar-refractivity contribution in [2.75, 3.05) is 7.11 Å². The van der Waals surface area contributed by atoms with Gasteiger partial charge in [0.25, 0.3) is 0 Å². The molecule has 84 valence electrons. The van der Waals surface area contributed by atoms with Crippen LogP contribution in [0, 0.1) is 6.92 Å². The molecule has 5 nitrogen and oxygen atoms in total. The molecule has 0 saturated heterocycles. The Morgan fingerprint density at radius 2 is 2.38 bits per heavy atom. The largest absolute Gasteiger partial charge is 0.478 e. The molecular formula is C11H12N2O3. The van der Waals surface area contributed by atoms with Crippen LogP contribution in [0.25, 0.3) is 5.65 Å². The fraction of sp³-hybridized carbons (Fsp3) is 0.273. The molecule has 0 aliphatic rings. The average molecular weight is 220 g/mol. The highest BCUT2D eigenvalue weighted by Crippen LogP contribution is 2.15. The number of nitrogens with zero attached hydrogens (tertiary/aromatic N) is 2. The Morgan fingerprint density at radius 1 is 1.62 bits per heavy atom. The van der Waals surface area contributed by atoms with E-state index >= 15 is 0 Å².